The molecule has 0 unspecified atom stereocenters. The summed E-state index contributed by atoms with van der Waals surface area (Å²) in [5.41, 5.74) is 1.68. The van der Waals surface area contributed by atoms with Gasteiger partial charge < -0.3 is 14.5 Å². The third kappa shape index (κ3) is 4.40. The van der Waals surface area contributed by atoms with E-state index in [0.717, 1.165) is 37.7 Å². The Hall–Kier alpha value is -3.48. The number of anilines is 2. The number of ether oxygens (including phenoxy) is 1. The SMILES string of the molecule is COc1ccc(C(=O)Cc2ccc(N3CCN(c4ccccn4)CC3)cn2)c(F)c1. The second kappa shape index (κ2) is 8.90. The van der Waals surface area contributed by atoms with Crippen LogP contribution in [0.1, 0.15) is 16.1 Å². The van der Waals surface area contributed by atoms with Gasteiger partial charge in [-0.15, -0.1) is 0 Å². The molecule has 0 aliphatic carbocycles. The van der Waals surface area contributed by atoms with Gasteiger partial charge in [-0.25, -0.2) is 9.37 Å². The number of carbonyl (C=O) groups is 1. The highest BCUT2D eigenvalue weighted by atomic mass is 19.1. The second-order valence-electron chi connectivity index (χ2n) is 7.12. The van der Waals surface area contributed by atoms with Crippen molar-refractivity contribution in [3.8, 4) is 5.75 Å². The Morgan fingerprint density at radius 2 is 1.83 bits per heavy atom. The molecule has 1 aliphatic rings. The summed E-state index contributed by atoms with van der Waals surface area (Å²) in [6.45, 7) is 3.50. The number of piperazine rings is 1. The maximum atomic E-state index is 14.1. The number of Topliss-reactive ketones (excluding diaryl/α,β-unsaturated/α-hetero) is 1. The first-order valence-corrected chi connectivity index (χ1v) is 9.86. The van der Waals surface area contributed by atoms with Crippen molar-refractivity contribution >= 4 is 17.3 Å². The van der Waals surface area contributed by atoms with Gasteiger partial charge in [0.1, 0.15) is 17.4 Å². The minimum atomic E-state index is -0.582. The molecule has 0 radical (unpaired) electrons. The summed E-state index contributed by atoms with van der Waals surface area (Å²) in [7, 11) is 1.46. The lowest BCUT2D eigenvalue weighted by Crippen LogP contribution is -2.46. The van der Waals surface area contributed by atoms with E-state index in [0.29, 0.717) is 11.4 Å². The molecule has 30 heavy (non-hydrogen) atoms. The minimum absolute atomic E-state index is 0.0484. The van der Waals surface area contributed by atoms with E-state index in [9.17, 15) is 9.18 Å². The summed E-state index contributed by atoms with van der Waals surface area (Å²) in [5, 5.41) is 0. The van der Waals surface area contributed by atoms with Gasteiger partial charge in [-0.1, -0.05) is 6.07 Å². The second-order valence-corrected chi connectivity index (χ2v) is 7.12. The van der Waals surface area contributed by atoms with Gasteiger partial charge in [0.25, 0.3) is 0 Å². The van der Waals surface area contributed by atoms with Crippen molar-refractivity contribution < 1.29 is 13.9 Å². The third-order valence-electron chi connectivity index (χ3n) is 5.25. The summed E-state index contributed by atoms with van der Waals surface area (Å²) in [5.74, 6) is 0.491. The van der Waals surface area contributed by atoms with E-state index in [4.69, 9.17) is 4.74 Å². The minimum Gasteiger partial charge on any atom is -0.497 e. The molecule has 1 aromatic carbocycles. The average Bonchev–Trinajstić information content (AvgIpc) is 2.80. The zero-order valence-electron chi connectivity index (χ0n) is 16.8. The van der Waals surface area contributed by atoms with Crippen molar-refractivity contribution in [3.63, 3.8) is 0 Å². The number of carbonyl (C=O) groups excluding carboxylic acids is 1. The van der Waals surface area contributed by atoms with Crippen LogP contribution in [0.15, 0.2) is 60.9 Å². The van der Waals surface area contributed by atoms with Gasteiger partial charge in [0.2, 0.25) is 0 Å². The summed E-state index contributed by atoms with van der Waals surface area (Å²) in [6.07, 6.45) is 3.64. The van der Waals surface area contributed by atoms with Crippen LogP contribution in [0, 0.1) is 5.82 Å². The predicted octanol–water partition coefficient (Wildman–Crippen LogP) is 3.38. The number of ketones is 1. The molecule has 0 bridgehead atoms. The Morgan fingerprint density at radius 3 is 2.47 bits per heavy atom. The molecular weight excluding hydrogens is 383 g/mol. The highest BCUT2D eigenvalue weighted by Gasteiger charge is 2.19. The van der Waals surface area contributed by atoms with E-state index in [1.165, 1.54) is 19.2 Å². The molecule has 2 aromatic heterocycles. The summed E-state index contributed by atoms with van der Waals surface area (Å²) in [6, 6.07) is 14.0. The van der Waals surface area contributed by atoms with Crippen LogP contribution in [-0.2, 0) is 6.42 Å². The van der Waals surface area contributed by atoms with Crippen molar-refractivity contribution in [1.29, 1.82) is 0 Å². The Morgan fingerprint density at radius 1 is 1.03 bits per heavy atom. The average molecular weight is 406 g/mol. The van der Waals surface area contributed by atoms with Crippen molar-refractivity contribution in [3.05, 3.63) is 78.0 Å². The van der Waals surface area contributed by atoms with Gasteiger partial charge in [0.15, 0.2) is 5.78 Å². The number of hydrogen-bond donors (Lipinski definition) is 0. The molecule has 0 spiro atoms. The van der Waals surface area contributed by atoms with Crippen LogP contribution in [0.25, 0.3) is 0 Å². The number of halogens is 1. The first kappa shape index (κ1) is 19.8. The van der Waals surface area contributed by atoms with Crippen molar-refractivity contribution in [2.24, 2.45) is 0 Å². The zero-order valence-corrected chi connectivity index (χ0v) is 16.8. The Kier molecular flexibility index (Phi) is 5.88. The monoisotopic (exact) mass is 406 g/mol. The van der Waals surface area contributed by atoms with Crippen LogP contribution < -0.4 is 14.5 Å². The van der Waals surface area contributed by atoms with Gasteiger partial charge in [0.05, 0.1) is 31.0 Å². The molecule has 6 nitrogen and oxygen atoms in total. The standard InChI is InChI=1S/C23H23FN4O2/c1-30-19-7-8-20(21(24)15-19)22(29)14-17-5-6-18(16-26-17)27-10-12-28(13-11-27)23-4-2-3-9-25-23/h2-9,15-16H,10-14H2,1H3. The third-order valence-corrected chi connectivity index (χ3v) is 5.25. The highest BCUT2D eigenvalue weighted by molar-refractivity contribution is 5.97. The van der Waals surface area contributed by atoms with Gasteiger partial charge in [0, 0.05) is 44.1 Å². The number of rotatable bonds is 6. The number of nitrogens with zero attached hydrogens (tertiary/aromatic N) is 4. The Labute approximate surface area is 174 Å². The van der Waals surface area contributed by atoms with Crippen LogP contribution in [0.3, 0.4) is 0 Å². The fraction of sp³-hybridized carbons (Fsp3) is 0.261. The van der Waals surface area contributed by atoms with E-state index < -0.39 is 5.82 Å². The Bertz CT molecular complexity index is 1000. The highest BCUT2D eigenvalue weighted by Crippen LogP contribution is 2.20. The van der Waals surface area contributed by atoms with E-state index in [2.05, 4.69) is 19.8 Å². The largest absolute Gasteiger partial charge is 0.497 e. The smallest absolute Gasteiger partial charge is 0.171 e. The molecule has 7 heteroatoms. The lowest BCUT2D eigenvalue weighted by molar-refractivity contribution is 0.0988. The van der Waals surface area contributed by atoms with E-state index in [1.807, 2.05) is 36.5 Å². The van der Waals surface area contributed by atoms with Crippen LogP contribution in [0.4, 0.5) is 15.9 Å². The lowest BCUT2D eigenvalue weighted by Gasteiger charge is -2.36. The number of aromatic nitrogens is 2. The summed E-state index contributed by atoms with van der Waals surface area (Å²) >= 11 is 0. The lowest BCUT2D eigenvalue weighted by atomic mass is 10.1. The van der Waals surface area contributed by atoms with Gasteiger partial charge in [-0.2, -0.15) is 0 Å². The quantitative estimate of drug-likeness (QED) is 0.585. The van der Waals surface area contributed by atoms with Crippen LogP contribution in [0.5, 0.6) is 5.75 Å². The molecule has 3 aromatic rings. The summed E-state index contributed by atoms with van der Waals surface area (Å²) in [4.78, 5) is 25.8. The van der Waals surface area contributed by atoms with Crippen molar-refractivity contribution in [1.82, 2.24) is 9.97 Å². The molecular formula is C23H23FN4O2. The molecule has 4 rings (SSSR count). The number of benzene rings is 1. The molecule has 1 fully saturated rings. The zero-order chi connectivity index (χ0) is 20.9. The molecule has 0 N–H and O–H groups in total. The van der Waals surface area contributed by atoms with Crippen molar-refractivity contribution in [2.75, 3.05) is 43.1 Å². The molecule has 0 amide bonds. The number of methoxy groups -OCH3 is 1. The normalized spacial score (nSPS) is 13.9. The maximum Gasteiger partial charge on any atom is 0.171 e. The first-order chi connectivity index (χ1) is 14.6. The molecule has 0 saturated carbocycles. The first-order valence-electron chi connectivity index (χ1n) is 9.86. The van der Waals surface area contributed by atoms with Gasteiger partial charge in [-0.3, -0.25) is 9.78 Å². The van der Waals surface area contributed by atoms with Gasteiger partial charge >= 0.3 is 0 Å². The maximum absolute atomic E-state index is 14.1. The number of pyridine rings is 2. The summed E-state index contributed by atoms with van der Waals surface area (Å²) < 4.78 is 19.1. The topological polar surface area (TPSA) is 58.6 Å². The molecule has 3 heterocycles. The molecule has 1 saturated heterocycles. The van der Waals surface area contributed by atoms with Crippen LogP contribution in [-0.4, -0.2) is 49.0 Å². The Balaban J connectivity index is 1.36. The van der Waals surface area contributed by atoms with E-state index in [-0.39, 0.29) is 17.8 Å². The van der Waals surface area contributed by atoms with Crippen LogP contribution >= 0.6 is 0 Å². The molecule has 1 aliphatic heterocycles. The van der Waals surface area contributed by atoms with Crippen LogP contribution in [0.2, 0.25) is 0 Å². The van der Waals surface area contributed by atoms with Crippen molar-refractivity contribution in [2.45, 2.75) is 6.42 Å². The fourth-order valence-electron chi connectivity index (χ4n) is 3.55. The van der Waals surface area contributed by atoms with Gasteiger partial charge in [-0.05, 0) is 36.4 Å². The predicted molar refractivity (Wildman–Crippen MR) is 114 cm³/mol. The van der Waals surface area contributed by atoms with E-state index >= 15 is 0 Å². The number of hydrogen-bond acceptors (Lipinski definition) is 6. The molecule has 0 atom stereocenters. The molecule has 154 valence electrons. The fourth-order valence-corrected chi connectivity index (χ4v) is 3.55. The van der Waals surface area contributed by atoms with E-state index in [1.54, 1.807) is 12.3 Å².